The maximum absolute atomic E-state index is 12.8. The second kappa shape index (κ2) is 14.6. The van der Waals surface area contributed by atoms with Gasteiger partial charge < -0.3 is 43.6 Å². The summed E-state index contributed by atoms with van der Waals surface area (Å²) in [7, 11) is 1.45. The molecule has 2 fully saturated rings. The predicted molar refractivity (Wildman–Crippen MR) is 135 cm³/mol. The lowest BCUT2D eigenvalue weighted by atomic mass is 9.87. The molecule has 1 aromatic rings. The SMILES string of the molecule is COC1OC(COC(C)=O)[C@@H](OC2O[C@@H](OC=O)[C@@H](O)C(C)[C@@H]2OC(C)=O)[C@H](C)[C@@H]1NCC(=O)c1ccccc1. The Bertz CT molecular complexity index is 1010. The van der Waals surface area contributed by atoms with Crippen LogP contribution in [0.1, 0.15) is 38.1 Å². The van der Waals surface area contributed by atoms with Crippen LogP contribution in [-0.4, -0.2) is 98.9 Å². The van der Waals surface area contributed by atoms with Gasteiger partial charge >= 0.3 is 11.9 Å². The van der Waals surface area contributed by atoms with E-state index in [1.807, 2.05) is 13.0 Å². The van der Waals surface area contributed by atoms with Crippen molar-refractivity contribution in [1.29, 1.82) is 0 Å². The van der Waals surface area contributed by atoms with E-state index in [2.05, 4.69) is 5.32 Å². The molecule has 0 aliphatic carbocycles. The van der Waals surface area contributed by atoms with E-state index in [1.54, 1.807) is 31.2 Å². The summed E-state index contributed by atoms with van der Waals surface area (Å²) in [5.41, 5.74) is 0.530. The lowest BCUT2D eigenvalue weighted by Crippen LogP contribution is -2.64. The van der Waals surface area contributed by atoms with Crippen molar-refractivity contribution in [2.24, 2.45) is 11.8 Å². The highest BCUT2D eigenvalue weighted by molar-refractivity contribution is 5.97. The molecule has 3 rings (SSSR count). The average molecular weight is 568 g/mol. The fraction of sp³-hybridized carbons (Fsp3) is 0.630. The van der Waals surface area contributed by atoms with Crippen LogP contribution in [0.15, 0.2) is 30.3 Å². The molecule has 0 bridgehead atoms. The van der Waals surface area contributed by atoms with Gasteiger partial charge in [-0.15, -0.1) is 0 Å². The van der Waals surface area contributed by atoms with Crippen molar-refractivity contribution in [3.63, 3.8) is 0 Å². The molecule has 222 valence electrons. The Morgan fingerprint density at radius 2 is 1.68 bits per heavy atom. The van der Waals surface area contributed by atoms with Crippen molar-refractivity contribution < 1.29 is 57.4 Å². The lowest BCUT2D eigenvalue weighted by Gasteiger charge is -2.48. The van der Waals surface area contributed by atoms with Gasteiger partial charge in [0, 0.05) is 38.4 Å². The second-order valence-electron chi connectivity index (χ2n) is 9.77. The molecule has 40 heavy (non-hydrogen) atoms. The number of benzene rings is 1. The minimum atomic E-state index is -1.39. The molecule has 0 spiro atoms. The Morgan fingerprint density at radius 1 is 0.975 bits per heavy atom. The highest BCUT2D eigenvalue weighted by Gasteiger charge is 2.51. The third-order valence-corrected chi connectivity index (χ3v) is 6.99. The van der Waals surface area contributed by atoms with Crippen LogP contribution in [0, 0.1) is 11.8 Å². The topological polar surface area (TPSA) is 165 Å². The molecule has 0 amide bonds. The van der Waals surface area contributed by atoms with Gasteiger partial charge in [0.05, 0.1) is 18.7 Å². The maximum atomic E-state index is 12.8. The summed E-state index contributed by atoms with van der Waals surface area (Å²) in [6.45, 7) is 5.78. The van der Waals surface area contributed by atoms with E-state index in [0.717, 1.165) is 0 Å². The van der Waals surface area contributed by atoms with Gasteiger partial charge in [-0.05, 0) is 0 Å². The third kappa shape index (κ3) is 7.83. The smallest absolute Gasteiger partial charge is 0.303 e. The number of Topliss-reactive ketones (excluding diaryl/α,β-unsaturated/α-hetero) is 1. The molecule has 2 heterocycles. The number of esters is 2. The molecule has 2 aliphatic heterocycles. The van der Waals surface area contributed by atoms with Crippen LogP contribution >= 0.6 is 0 Å². The Labute approximate surface area is 232 Å². The van der Waals surface area contributed by atoms with Crippen LogP contribution in [-0.2, 0) is 47.5 Å². The molecule has 0 saturated carbocycles. The molecular formula is C27H37NO12. The molecule has 0 aromatic heterocycles. The number of methoxy groups -OCH3 is 1. The van der Waals surface area contributed by atoms with Gasteiger partial charge in [0.2, 0.25) is 6.29 Å². The van der Waals surface area contributed by atoms with Crippen molar-refractivity contribution in [2.75, 3.05) is 20.3 Å². The summed E-state index contributed by atoms with van der Waals surface area (Å²) < 4.78 is 39.2. The van der Waals surface area contributed by atoms with Crippen LogP contribution in [0.4, 0.5) is 0 Å². The highest BCUT2D eigenvalue weighted by atomic mass is 16.8. The molecular weight excluding hydrogens is 530 g/mol. The zero-order chi connectivity index (χ0) is 29.4. The lowest BCUT2D eigenvalue weighted by molar-refractivity contribution is -0.360. The number of rotatable bonds is 12. The first-order valence-corrected chi connectivity index (χ1v) is 13.0. The second-order valence-corrected chi connectivity index (χ2v) is 9.77. The molecule has 10 atom stereocenters. The molecule has 2 N–H and O–H groups in total. The summed E-state index contributed by atoms with van der Waals surface area (Å²) in [6, 6.07) is 8.20. The van der Waals surface area contributed by atoms with Gasteiger partial charge in [0.1, 0.15) is 18.8 Å². The minimum absolute atomic E-state index is 0.0297. The number of aliphatic hydroxyl groups is 1. The molecule has 2 aliphatic rings. The highest BCUT2D eigenvalue weighted by Crippen LogP contribution is 2.35. The Hall–Kier alpha value is -2.94. The molecule has 2 saturated heterocycles. The number of carbonyl (C=O) groups is 4. The normalized spacial score (nSPS) is 34.0. The van der Waals surface area contributed by atoms with Crippen molar-refractivity contribution >= 4 is 24.2 Å². The van der Waals surface area contributed by atoms with Gasteiger partial charge in [-0.25, -0.2) is 0 Å². The number of aliphatic hydroxyl groups excluding tert-OH is 1. The third-order valence-electron chi connectivity index (χ3n) is 6.99. The van der Waals surface area contributed by atoms with Crippen LogP contribution in [0.25, 0.3) is 0 Å². The van der Waals surface area contributed by atoms with Crippen molar-refractivity contribution in [2.45, 2.75) is 77.0 Å². The fourth-order valence-corrected chi connectivity index (χ4v) is 4.86. The van der Waals surface area contributed by atoms with Crippen LogP contribution in [0.5, 0.6) is 0 Å². The first-order valence-electron chi connectivity index (χ1n) is 13.0. The molecule has 1 aromatic carbocycles. The van der Waals surface area contributed by atoms with E-state index in [1.165, 1.54) is 21.0 Å². The zero-order valence-electron chi connectivity index (χ0n) is 23.1. The van der Waals surface area contributed by atoms with Gasteiger partial charge in [0.15, 0.2) is 24.5 Å². The average Bonchev–Trinajstić information content (AvgIpc) is 2.93. The zero-order valence-corrected chi connectivity index (χ0v) is 23.1. The molecule has 4 unspecified atom stereocenters. The van der Waals surface area contributed by atoms with Gasteiger partial charge in [0.25, 0.3) is 6.47 Å². The van der Waals surface area contributed by atoms with Crippen molar-refractivity contribution in [1.82, 2.24) is 5.32 Å². The first-order chi connectivity index (χ1) is 19.1. The van der Waals surface area contributed by atoms with E-state index >= 15 is 0 Å². The van der Waals surface area contributed by atoms with E-state index in [9.17, 15) is 24.3 Å². The number of hydrogen-bond acceptors (Lipinski definition) is 13. The van der Waals surface area contributed by atoms with Crippen molar-refractivity contribution in [3.8, 4) is 0 Å². The minimum Gasteiger partial charge on any atom is -0.463 e. The van der Waals surface area contributed by atoms with E-state index in [4.69, 9.17) is 33.2 Å². The van der Waals surface area contributed by atoms with Crippen LogP contribution in [0.3, 0.4) is 0 Å². The number of ether oxygens (including phenoxy) is 7. The number of carbonyl (C=O) groups excluding carboxylic acids is 4. The summed E-state index contributed by atoms with van der Waals surface area (Å²) >= 11 is 0. The van der Waals surface area contributed by atoms with E-state index in [0.29, 0.717) is 5.56 Å². The Morgan fingerprint density at radius 3 is 2.27 bits per heavy atom. The molecule has 13 nitrogen and oxygen atoms in total. The molecule has 0 radical (unpaired) electrons. The van der Waals surface area contributed by atoms with Crippen LogP contribution < -0.4 is 5.32 Å². The Balaban J connectivity index is 1.86. The summed E-state index contributed by atoms with van der Waals surface area (Å²) in [5.74, 6) is -2.52. The van der Waals surface area contributed by atoms with E-state index in [-0.39, 0.29) is 25.4 Å². The standard InChI is InChI=1S/C27H37NO12/c1-14-21(28-11-19(32)18-9-7-6-8-10-18)25(34-5)38-20(12-35-16(3)30)23(14)39-27-24(37-17(4)31)15(2)22(33)26(40-27)36-13-29/h6-10,13-15,20-28,33H,11-12H2,1-5H3/t14-,15?,20?,21+,22+,23+,24+,25?,26-,27?/m1/s1. The largest absolute Gasteiger partial charge is 0.463 e. The fourth-order valence-electron chi connectivity index (χ4n) is 4.86. The van der Waals surface area contributed by atoms with Gasteiger partial charge in [-0.1, -0.05) is 44.2 Å². The maximum Gasteiger partial charge on any atom is 0.303 e. The molecule has 13 heteroatoms. The quantitative estimate of drug-likeness (QED) is 0.156. The van der Waals surface area contributed by atoms with Crippen LogP contribution in [0.2, 0.25) is 0 Å². The number of hydrogen-bond donors (Lipinski definition) is 2. The van der Waals surface area contributed by atoms with Gasteiger partial charge in [-0.2, -0.15) is 0 Å². The number of nitrogens with one attached hydrogen (secondary N) is 1. The number of ketones is 1. The van der Waals surface area contributed by atoms with Crippen molar-refractivity contribution in [3.05, 3.63) is 35.9 Å². The summed E-state index contributed by atoms with van der Waals surface area (Å²) in [5, 5.41) is 13.7. The predicted octanol–water partition coefficient (Wildman–Crippen LogP) is 0.567. The monoisotopic (exact) mass is 567 g/mol. The van der Waals surface area contributed by atoms with Gasteiger partial charge in [-0.3, -0.25) is 19.2 Å². The summed E-state index contributed by atoms with van der Waals surface area (Å²) in [6.07, 6.45) is -7.64. The first kappa shape index (κ1) is 31.6. The van der Waals surface area contributed by atoms with E-state index < -0.39 is 73.1 Å². The Kier molecular flexibility index (Phi) is 11.5. The summed E-state index contributed by atoms with van der Waals surface area (Å²) in [4.78, 5) is 47.3.